The number of fused-ring (bicyclic) bond motifs is 1. The van der Waals surface area contributed by atoms with Crippen LogP contribution < -0.4 is 15.1 Å². The van der Waals surface area contributed by atoms with Crippen molar-refractivity contribution < 1.29 is 9.47 Å². The molecule has 0 amide bonds. The molecule has 0 unspecified atom stereocenters. The van der Waals surface area contributed by atoms with E-state index in [1.54, 1.807) is 6.07 Å². The average molecular weight is 412 g/mol. The maximum atomic E-state index is 12.9. The average Bonchev–Trinajstić information content (AvgIpc) is 2.84. The van der Waals surface area contributed by atoms with Gasteiger partial charge in [0.1, 0.15) is 12.4 Å². The maximum absolute atomic E-state index is 12.9. The fourth-order valence-electron chi connectivity index (χ4n) is 3.90. The van der Waals surface area contributed by atoms with Gasteiger partial charge >= 0.3 is 0 Å². The Hall–Kier alpha value is -3.57. The van der Waals surface area contributed by atoms with E-state index >= 15 is 0 Å². The zero-order valence-electron chi connectivity index (χ0n) is 17.2. The van der Waals surface area contributed by atoms with E-state index < -0.39 is 0 Å². The second kappa shape index (κ2) is 8.66. The molecule has 31 heavy (non-hydrogen) atoms. The molecule has 5 nitrogen and oxygen atoms in total. The van der Waals surface area contributed by atoms with E-state index in [-0.39, 0.29) is 5.43 Å². The van der Waals surface area contributed by atoms with Crippen LogP contribution in [0.3, 0.4) is 0 Å². The number of H-pyrrole nitrogens is 1. The van der Waals surface area contributed by atoms with Crippen molar-refractivity contribution in [3.8, 4) is 17.0 Å². The van der Waals surface area contributed by atoms with Gasteiger partial charge in [0.2, 0.25) is 0 Å². The van der Waals surface area contributed by atoms with Crippen molar-refractivity contribution in [2.75, 3.05) is 31.2 Å². The van der Waals surface area contributed by atoms with Crippen molar-refractivity contribution in [1.82, 2.24) is 4.98 Å². The summed E-state index contributed by atoms with van der Waals surface area (Å²) in [5.74, 6) is 0.768. The van der Waals surface area contributed by atoms with E-state index in [1.165, 1.54) is 0 Å². The molecule has 0 saturated carbocycles. The van der Waals surface area contributed by atoms with E-state index in [9.17, 15) is 4.79 Å². The summed E-state index contributed by atoms with van der Waals surface area (Å²) in [6.07, 6.45) is 0. The number of nitrogens with zero attached hydrogens (tertiary/aromatic N) is 1. The number of ether oxygens (including phenoxy) is 2. The van der Waals surface area contributed by atoms with Gasteiger partial charge in [-0.2, -0.15) is 0 Å². The maximum Gasteiger partial charge on any atom is 0.190 e. The third-order valence-electron chi connectivity index (χ3n) is 5.58. The Labute approximate surface area is 180 Å². The van der Waals surface area contributed by atoms with Gasteiger partial charge in [0.25, 0.3) is 0 Å². The fourth-order valence-corrected chi connectivity index (χ4v) is 3.90. The van der Waals surface area contributed by atoms with E-state index in [0.717, 1.165) is 60.1 Å². The van der Waals surface area contributed by atoms with Gasteiger partial charge < -0.3 is 19.4 Å². The standard InChI is InChI=1S/C26H24N2O3/c29-26-17-25(20-7-4-8-22(15-20)31-18-19-5-2-1-3-6-19)27-24-10-9-21(16-23(24)26)28-11-13-30-14-12-28/h1-10,15-17H,11-14,18H2,(H,27,29). The lowest BCUT2D eigenvalue weighted by Gasteiger charge is -2.29. The molecule has 0 radical (unpaired) electrons. The Morgan fingerprint density at radius 3 is 2.58 bits per heavy atom. The second-order valence-electron chi connectivity index (χ2n) is 7.68. The molecule has 2 heterocycles. The van der Waals surface area contributed by atoms with Crippen LogP contribution in [0, 0.1) is 0 Å². The lowest BCUT2D eigenvalue weighted by atomic mass is 10.1. The van der Waals surface area contributed by atoms with E-state index in [1.807, 2.05) is 66.7 Å². The highest BCUT2D eigenvalue weighted by atomic mass is 16.5. The Balaban J connectivity index is 1.41. The molecule has 3 aromatic carbocycles. The number of nitrogens with one attached hydrogen (secondary N) is 1. The fraction of sp³-hybridized carbons (Fsp3) is 0.192. The molecular formula is C26H24N2O3. The molecule has 156 valence electrons. The number of anilines is 1. The highest BCUT2D eigenvalue weighted by Crippen LogP contribution is 2.25. The first kappa shape index (κ1) is 19.4. The molecular weight excluding hydrogens is 388 g/mol. The minimum atomic E-state index is 0.00877. The number of hydrogen-bond donors (Lipinski definition) is 1. The number of benzene rings is 3. The van der Waals surface area contributed by atoms with Crippen LogP contribution in [0.25, 0.3) is 22.2 Å². The van der Waals surface area contributed by atoms with E-state index in [2.05, 4.69) is 16.0 Å². The molecule has 1 aliphatic rings. The van der Waals surface area contributed by atoms with Gasteiger partial charge in [-0.05, 0) is 35.9 Å². The molecule has 0 bridgehead atoms. The number of pyridine rings is 1. The molecule has 1 saturated heterocycles. The molecule has 0 spiro atoms. The SMILES string of the molecule is O=c1cc(-c2cccc(OCc3ccccc3)c2)[nH]c2ccc(N3CCOCC3)cc12. The van der Waals surface area contributed by atoms with Crippen LogP contribution in [-0.4, -0.2) is 31.3 Å². The third kappa shape index (κ3) is 4.32. The number of aromatic nitrogens is 1. The molecule has 1 N–H and O–H groups in total. The van der Waals surface area contributed by atoms with Crippen LogP contribution in [0.5, 0.6) is 5.75 Å². The first-order valence-corrected chi connectivity index (χ1v) is 10.5. The first-order chi connectivity index (χ1) is 15.3. The van der Waals surface area contributed by atoms with Crippen LogP contribution in [0.1, 0.15) is 5.56 Å². The number of rotatable bonds is 5. The van der Waals surface area contributed by atoms with Gasteiger partial charge in [0.05, 0.1) is 13.2 Å². The monoisotopic (exact) mass is 412 g/mol. The first-order valence-electron chi connectivity index (χ1n) is 10.5. The predicted octanol–water partition coefficient (Wildman–Crippen LogP) is 4.61. The molecule has 0 aliphatic carbocycles. The molecule has 1 fully saturated rings. The van der Waals surface area contributed by atoms with Crippen LogP contribution in [0.15, 0.2) is 83.7 Å². The lowest BCUT2D eigenvalue weighted by molar-refractivity contribution is 0.122. The van der Waals surface area contributed by atoms with Crippen LogP contribution in [-0.2, 0) is 11.3 Å². The third-order valence-corrected chi connectivity index (χ3v) is 5.58. The second-order valence-corrected chi connectivity index (χ2v) is 7.68. The van der Waals surface area contributed by atoms with Crippen molar-refractivity contribution in [3.63, 3.8) is 0 Å². The molecule has 5 rings (SSSR count). The summed E-state index contributed by atoms with van der Waals surface area (Å²) >= 11 is 0. The van der Waals surface area contributed by atoms with E-state index in [0.29, 0.717) is 12.0 Å². The summed E-state index contributed by atoms with van der Waals surface area (Å²) in [6.45, 7) is 3.63. The van der Waals surface area contributed by atoms with Gasteiger partial charge in [-0.15, -0.1) is 0 Å². The normalized spacial score (nSPS) is 14.0. The van der Waals surface area contributed by atoms with Crippen molar-refractivity contribution in [1.29, 1.82) is 0 Å². The van der Waals surface area contributed by atoms with Crippen LogP contribution in [0.2, 0.25) is 0 Å². The van der Waals surface area contributed by atoms with Crippen molar-refractivity contribution >= 4 is 16.6 Å². The number of aromatic amines is 1. The largest absolute Gasteiger partial charge is 0.489 e. The summed E-state index contributed by atoms with van der Waals surface area (Å²) < 4.78 is 11.4. The number of morpholine rings is 1. The quantitative estimate of drug-likeness (QED) is 0.520. The van der Waals surface area contributed by atoms with E-state index in [4.69, 9.17) is 9.47 Å². The van der Waals surface area contributed by atoms with Gasteiger partial charge in [-0.1, -0.05) is 42.5 Å². The lowest BCUT2D eigenvalue weighted by Crippen LogP contribution is -2.36. The summed E-state index contributed by atoms with van der Waals surface area (Å²) in [4.78, 5) is 18.6. The molecule has 1 aliphatic heterocycles. The van der Waals surface area contributed by atoms with Gasteiger partial charge in [-0.3, -0.25) is 4.79 Å². The van der Waals surface area contributed by atoms with Crippen LogP contribution >= 0.6 is 0 Å². The molecule has 5 heteroatoms. The topological polar surface area (TPSA) is 54.6 Å². The predicted molar refractivity (Wildman–Crippen MR) is 124 cm³/mol. The molecule has 1 aromatic heterocycles. The zero-order chi connectivity index (χ0) is 21.0. The summed E-state index contributed by atoms with van der Waals surface area (Å²) in [6, 6.07) is 25.6. The Kier molecular flexibility index (Phi) is 5.42. The van der Waals surface area contributed by atoms with Gasteiger partial charge in [-0.25, -0.2) is 0 Å². The molecule has 4 aromatic rings. The van der Waals surface area contributed by atoms with Crippen molar-refractivity contribution in [3.05, 3.63) is 94.6 Å². The van der Waals surface area contributed by atoms with Crippen molar-refractivity contribution in [2.45, 2.75) is 6.61 Å². The summed E-state index contributed by atoms with van der Waals surface area (Å²) in [7, 11) is 0. The minimum Gasteiger partial charge on any atom is -0.489 e. The highest BCUT2D eigenvalue weighted by molar-refractivity contribution is 5.85. The van der Waals surface area contributed by atoms with Gasteiger partial charge in [0.15, 0.2) is 5.43 Å². The molecule has 0 atom stereocenters. The highest BCUT2D eigenvalue weighted by Gasteiger charge is 2.13. The van der Waals surface area contributed by atoms with Gasteiger partial charge in [0, 0.05) is 47.0 Å². The van der Waals surface area contributed by atoms with Crippen LogP contribution in [0.4, 0.5) is 5.69 Å². The minimum absolute atomic E-state index is 0.00877. The Bertz CT molecular complexity index is 1240. The Morgan fingerprint density at radius 1 is 0.903 bits per heavy atom. The summed E-state index contributed by atoms with van der Waals surface area (Å²) in [5.41, 5.74) is 4.71. The number of hydrogen-bond acceptors (Lipinski definition) is 4. The summed E-state index contributed by atoms with van der Waals surface area (Å²) in [5, 5.41) is 0.698. The smallest absolute Gasteiger partial charge is 0.190 e. The zero-order valence-corrected chi connectivity index (χ0v) is 17.2. The Morgan fingerprint density at radius 2 is 1.74 bits per heavy atom. The van der Waals surface area contributed by atoms with Crippen molar-refractivity contribution in [2.24, 2.45) is 0 Å².